The molecule has 0 aliphatic carbocycles. The van der Waals surface area contributed by atoms with Crippen LogP contribution in [0.1, 0.15) is 12.8 Å². The molecule has 9 nitrogen and oxygen atoms in total. The van der Waals surface area contributed by atoms with E-state index in [9.17, 15) is 9.59 Å². The number of carboxylic acid groups (broad SMARTS) is 2. The van der Waals surface area contributed by atoms with Gasteiger partial charge >= 0.3 is 11.9 Å². The minimum absolute atomic E-state index is 0.558. The fourth-order valence-electron chi connectivity index (χ4n) is 3.90. The molecule has 0 radical (unpaired) electrons. The molecule has 180 valence electrons. The summed E-state index contributed by atoms with van der Waals surface area (Å²) in [6, 6.07) is 14.6. The van der Waals surface area contributed by atoms with Crippen LogP contribution >= 0.6 is 0 Å². The van der Waals surface area contributed by atoms with Crippen molar-refractivity contribution >= 4 is 23.5 Å². The molecule has 3 heterocycles. The summed E-state index contributed by atoms with van der Waals surface area (Å²) in [7, 11) is 0. The van der Waals surface area contributed by atoms with Gasteiger partial charge in [0.05, 0.1) is 5.36 Å². The van der Waals surface area contributed by atoms with Crippen molar-refractivity contribution in [2.75, 3.05) is 50.7 Å². The number of pyridine rings is 1. The van der Waals surface area contributed by atoms with E-state index >= 15 is 0 Å². The second-order valence-electron chi connectivity index (χ2n) is 7.93. The Morgan fingerprint density at radius 3 is 2.35 bits per heavy atom. The van der Waals surface area contributed by atoms with Crippen molar-refractivity contribution < 1.29 is 19.8 Å². The predicted octanol–water partition coefficient (Wildman–Crippen LogP) is 0.727. The molecule has 2 aromatic rings. The van der Waals surface area contributed by atoms with Crippen molar-refractivity contribution in [3.8, 4) is 0 Å². The van der Waals surface area contributed by atoms with Gasteiger partial charge in [0.1, 0.15) is 5.82 Å². The third kappa shape index (κ3) is 8.00. The Morgan fingerprint density at radius 1 is 0.971 bits per heavy atom. The number of carboxylic acids is 2. The maximum absolute atomic E-state index is 9.55. The van der Waals surface area contributed by atoms with Crippen LogP contribution in [0.25, 0.3) is 5.70 Å². The van der Waals surface area contributed by atoms with Crippen LogP contribution in [-0.2, 0) is 9.59 Å². The van der Waals surface area contributed by atoms with Gasteiger partial charge < -0.3 is 20.4 Å². The van der Waals surface area contributed by atoms with Crippen molar-refractivity contribution in [3.05, 3.63) is 71.4 Å². The molecule has 1 saturated heterocycles. The van der Waals surface area contributed by atoms with E-state index in [2.05, 4.69) is 61.5 Å². The number of piperazine rings is 1. The lowest BCUT2D eigenvalue weighted by Gasteiger charge is -2.35. The zero-order valence-corrected chi connectivity index (χ0v) is 19.1. The van der Waals surface area contributed by atoms with Gasteiger partial charge in [0.2, 0.25) is 0 Å². The van der Waals surface area contributed by atoms with E-state index in [0.717, 1.165) is 63.4 Å². The quantitative estimate of drug-likeness (QED) is 0.386. The summed E-state index contributed by atoms with van der Waals surface area (Å²) in [5.74, 6) is -1.41. The van der Waals surface area contributed by atoms with Gasteiger partial charge in [-0.3, -0.25) is 9.89 Å². The van der Waals surface area contributed by atoms with E-state index in [-0.39, 0.29) is 0 Å². The number of aliphatic carboxylic acids is 2. The molecule has 0 bridgehead atoms. The maximum Gasteiger partial charge on any atom is 0.328 e. The van der Waals surface area contributed by atoms with E-state index in [4.69, 9.17) is 10.2 Å². The molecule has 4 rings (SSSR count). The van der Waals surface area contributed by atoms with E-state index in [1.807, 2.05) is 12.3 Å². The summed E-state index contributed by atoms with van der Waals surface area (Å²) in [5, 5.41) is 21.7. The molecule has 0 spiro atoms. The smallest absolute Gasteiger partial charge is 0.328 e. The normalized spacial score (nSPS) is 15.6. The predicted molar refractivity (Wildman–Crippen MR) is 130 cm³/mol. The molecular weight excluding hydrogens is 434 g/mol. The summed E-state index contributed by atoms with van der Waals surface area (Å²) in [6.07, 6.45) is 5.19. The lowest BCUT2D eigenvalue weighted by atomic mass is 10.1. The van der Waals surface area contributed by atoms with Gasteiger partial charge in [-0.25, -0.2) is 14.6 Å². The Labute approximate surface area is 198 Å². The second kappa shape index (κ2) is 13.1. The first-order valence-corrected chi connectivity index (χ1v) is 11.4. The van der Waals surface area contributed by atoms with E-state index in [0.29, 0.717) is 12.2 Å². The van der Waals surface area contributed by atoms with E-state index < -0.39 is 11.9 Å². The van der Waals surface area contributed by atoms with Gasteiger partial charge in [-0.15, -0.1) is 0 Å². The molecule has 1 aromatic carbocycles. The summed E-state index contributed by atoms with van der Waals surface area (Å²) in [5.41, 5.74) is 1.36. The lowest BCUT2D eigenvalue weighted by molar-refractivity contribution is -0.134. The molecule has 1 aromatic heterocycles. The van der Waals surface area contributed by atoms with Crippen molar-refractivity contribution in [1.29, 1.82) is 0 Å². The molecule has 34 heavy (non-hydrogen) atoms. The Bertz CT molecular complexity index is 1080. The zero-order chi connectivity index (χ0) is 24.2. The average Bonchev–Trinajstić information content (AvgIpc) is 2.87. The van der Waals surface area contributed by atoms with Crippen LogP contribution < -0.4 is 20.8 Å². The first-order chi connectivity index (χ1) is 16.5. The first kappa shape index (κ1) is 24.9. The molecule has 0 unspecified atom stereocenters. The largest absolute Gasteiger partial charge is 0.478 e. The molecule has 0 atom stereocenters. The number of hydrogen-bond donors (Lipinski definition) is 3. The highest BCUT2D eigenvalue weighted by Gasteiger charge is 2.17. The third-order valence-corrected chi connectivity index (χ3v) is 5.58. The highest BCUT2D eigenvalue weighted by Crippen LogP contribution is 2.12. The van der Waals surface area contributed by atoms with Gasteiger partial charge in [-0.1, -0.05) is 24.3 Å². The number of hydrogen-bond acceptors (Lipinski definition) is 7. The molecule has 1 fully saturated rings. The number of anilines is 1. The van der Waals surface area contributed by atoms with Gasteiger partial charge in [0.15, 0.2) is 0 Å². The van der Waals surface area contributed by atoms with Crippen LogP contribution in [-0.4, -0.2) is 77.8 Å². The summed E-state index contributed by atoms with van der Waals surface area (Å²) in [6.45, 7) is 7.46. The van der Waals surface area contributed by atoms with E-state index in [1.165, 1.54) is 17.3 Å². The minimum atomic E-state index is -1.26. The minimum Gasteiger partial charge on any atom is -0.478 e. The van der Waals surface area contributed by atoms with Gasteiger partial charge in [0, 0.05) is 75.0 Å². The fraction of sp³-hybridized carbons (Fsp3) is 0.360. The molecule has 2 aliphatic rings. The average molecular weight is 466 g/mol. The van der Waals surface area contributed by atoms with Crippen LogP contribution in [0.5, 0.6) is 0 Å². The maximum atomic E-state index is 9.55. The number of nitrogens with zero attached hydrogens (tertiary/aromatic N) is 4. The number of benzene rings is 1. The summed E-state index contributed by atoms with van der Waals surface area (Å²) in [4.78, 5) is 33.1. The van der Waals surface area contributed by atoms with Crippen LogP contribution in [0.3, 0.4) is 0 Å². The van der Waals surface area contributed by atoms with Crippen molar-refractivity contribution in [1.82, 2.24) is 15.2 Å². The number of nitrogens with one attached hydrogen (secondary N) is 1. The molecule has 2 aliphatic heterocycles. The number of rotatable bonds is 8. The van der Waals surface area contributed by atoms with Crippen LogP contribution in [0.4, 0.5) is 5.82 Å². The highest BCUT2D eigenvalue weighted by atomic mass is 16.4. The molecule has 0 saturated carbocycles. The third-order valence-electron chi connectivity index (χ3n) is 5.58. The highest BCUT2D eigenvalue weighted by molar-refractivity contribution is 5.89. The molecular formula is C25H31N5O4. The standard InChI is InChI=1S/C21H27N5.C4H4O4/c1-2-7-19-18(6-1)20(9-12-23-19)22-11-5-13-25-14-16-26(17-15-25)21-8-3-4-10-24-21;5-3(6)1-2-4(7)8/h1-4,6-8,10,22H,5,9,11-17H2;1-2H,(H,5,6)(H,7,8). The Morgan fingerprint density at radius 2 is 1.68 bits per heavy atom. The van der Waals surface area contributed by atoms with Crippen molar-refractivity contribution in [3.63, 3.8) is 0 Å². The van der Waals surface area contributed by atoms with Crippen LogP contribution in [0.15, 0.2) is 65.8 Å². The molecule has 9 heteroatoms. The van der Waals surface area contributed by atoms with Gasteiger partial charge in [0.25, 0.3) is 0 Å². The number of carbonyl (C=O) groups is 2. The van der Waals surface area contributed by atoms with E-state index in [1.54, 1.807) is 0 Å². The Balaban J connectivity index is 0.000000350. The second-order valence-corrected chi connectivity index (χ2v) is 7.93. The number of para-hydroxylation sites is 1. The lowest BCUT2D eigenvalue weighted by Crippen LogP contribution is -2.47. The van der Waals surface area contributed by atoms with Crippen LogP contribution in [0, 0.1) is 0 Å². The zero-order valence-electron chi connectivity index (χ0n) is 19.1. The number of fused-ring (bicyclic) bond motifs is 1. The summed E-state index contributed by atoms with van der Waals surface area (Å²) >= 11 is 0. The van der Waals surface area contributed by atoms with Crippen LogP contribution in [0.2, 0.25) is 0 Å². The fourth-order valence-corrected chi connectivity index (χ4v) is 3.90. The topological polar surface area (TPSA) is 118 Å². The Hall–Kier alpha value is -3.72. The van der Waals surface area contributed by atoms with Gasteiger partial charge in [-0.05, 0) is 31.2 Å². The first-order valence-electron chi connectivity index (χ1n) is 11.4. The van der Waals surface area contributed by atoms with Crippen molar-refractivity contribution in [2.24, 2.45) is 4.99 Å². The van der Waals surface area contributed by atoms with Gasteiger partial charge in [-0.2, -0.15) is 0 Å². The summed E-state index contributed by atoms with van der Waals surface area (Å²) < 4.78 is 0. The SMILES string of the molecule is O=C(O)C=CC(=O)O.c1ccc(N2CCN(CCCNC3=c4ccccc4=NCC3)CC2)nc1. The van der Waals surface area contributed by atoms with Crippen molar-refractivity contribution in [2.45, 2.75) is 12.8 Å². The number of aromatic nitrogens is 1. The molecule has 0 amide bonds. The molecule has 3 N–H and O–H groups in total. The monoisotopic (exact) mass is 465 g/mol. The Kier molecular flexibility index (Phi) is 9.60.